The van der Waals surface area contributed by atoms with E-state index >= 15 is 0 Å². The molecule has 0 radical (unpaired) electrons. The van der Waals surface area contributed by atoms with Gasteiger partial charge >= 0.3 is 0 Å². The molecule has 3 heterocycles. The van der Waals surface area contributed by atoms with Crippen molar-refractivity contribution in [3.63, 3.8) is 0 Å². The Morgan fingerprint density at radius 3 is 2.68 bits per heavy atom. The summed E-state index contributed by atoms with van der Waals surface area (Å²) in [7, 11) is 0. The van der Waals surface area contributed by atoms with E-state index in [2.05, 4.69) is 25.5 Å². The van der Waals surface area contributed by atoms with E-state index in [0.29, 0.717) is 10.5 Å². The van der Waals surface area contributed by atoms with E-state index < -0.39 is 16.4 Å². The highest BCUT2D eigenvalue weighted by Gasteiger charge is 2.17. The molecule has 11 heteroatoms. The van der Waals surface area contributed by atoms with Crippen molar-refractivity contribution in [2.75, 3.05) is 5.32 Å². The number of nitrogens with zero attached hydrogens (tertiary/aromatic N) is 4. The Morgan fingerprint density at radius 1 is 1.14 bits per heavy atom. The smallest absolute Gasteiger partial charge is 0.270 e. The standard InChI is InChI=1S/C17H10N6O4S/c24-14-8-12(11-7-10(23(26)27)1-2-13(11)19-14)15(25)20-17-22-21-16(28-17)9-3-5-18-6-4-9/h1-8H,(H,19,24)(H,20,22,25). The van der Waals surface area contributed by atoms with Crippen molar-refractivity contribution in [2.24, 2.45) is 0 Å². The van der Waals surface area contributed by atoms with Gasteiger partial charge in [0.25, 0.3) is 11.6 Å². The van der Waals surface area contributed by atoms with Crippen molar-refractivity contribution in [1.82, 2.24) is 20.2 Å². The molecule has 0 atom stereocenters. The molecule has 3 aromatic heterocycles. The van der Waals surface area contributed by atoms with Crippen molar-refractivity contribution < 1.29 is 9.72 Å². The molecule has 1 aromatic carbocycles. The molecule has 10 nitrogen and oxygen atoms in total. The summed E-state index contributed by atoms with van der Waals surface area (Å²) < 4.78 is 0. The number of carbonyl (C=O) groups is 1. The molecule has 0 aliphatic heterocycles. The summed E-state index contributed by atoms with van der Waals surface area (Å²) in [4.78, 5) is 41.5. The highest BCUT2D eigenvalue weighted by molar-refractivity contribution is 7.18. The molecule has 2 N–H and O–H groups in total. The monoisotopic (exact) mass is 394 g/mol. The number of nitro benzene ring substituents is 1. The third kappa shape index (κ3) is 3.33. The quantitative estimate of drug-likeness (QED) is 0.400. The average Bonchev–Trinajstić information content (AvgIpc) is 3.16. The Hall–Kier alpha value is -3.99. The summed E-state index contributed by atoms with van der Waals surface area (Å²) in [6, 6.07) is 8.49. The maximum absolute atomic E-state index is 12.7. The van der Waals surface area contributed by atoms with E-state index in [9.17, 15) is 19.7 Å². The lowest BCUT2D eigenvalue weighted by molar-refractivity contribution is -0.384. The van der Waals surface area contributed by atoms with Crippen LogP contribution in [-0.2, 0) is 0 Å². The van der Waals surface area contributed by atoms with Gasteiger partial charge in [-0.25, -0.2) is 0 Å². The van der Waals surface area contributed by atoms with Crippen LogP contribution in [-0.4, -0.2) is 31.0 Å². The number of hydrogen-bond donors (Lipinski definition) is 2. The maximum Gasteiger partial charge on any atom is 0.270 e. The average molecular weight is 394 g/mol. The third-order valence-electron chi connectivity index (χ3n) is 3.85. The minimum atomic E-state index is -0.617. The second kappa shape index (κ2) is 6.96. The highest BCUT2D eigenvalue weighted by Crippen LogP contribution is 2.27. The zero-order valence-electron chi connectivity index (χ0n) is 13.9. The van der Waals surface area contributed by atoms with Crippen molar-refractivity contribution in [3.8, 4) is 10.6 Å². The van der Waals surface area contributed by atoms with Crippen LogP contribution in [0.15, 0.2) is 53.6 Å². The number of rotatable bonds is 4. The molecule has 0 spiro atoms. The predicted octanol–water partition coefficient (Wildman–Crippen LogP) is 2.60. The van der Waals surface area contributed by atoms with Crippen molar-refractivity contribution in [3.05, 3.63) is 74.8 Å². The van der Waals surface area contributed by atoms with Crippen LogP contribution in [0.3, 0.4) is 0 Å². The van der Waals surface area contributed by atoms with Crippen LogP contribution >= 0.6 is 11.3 Å². The number of non-ortho nitro benzene ring substituents is 1. The molecule has 0 saturated heterocycles. The van der Waals surface area contributed by atoms with Gasteiger partial charge in [0, 0.05) is 47.1 Å². The maximum atomic E-state index is 12.7. The molecule has 0 bridgehead atoms. The van der Waals surface area contributed by atoms with E-state index in [1.807, 2.05) is 0 Å². The Bertz CT molecular complexity index is 1270. The number of anilines is 1. The minimum Gasteiger partial charge on any atom is -0.322 e. The second-order valence-electron chi connectivity index (χ2n) is 5.64. The van der Waals surface area contributed by atoms with E-state index in [1.165, 1.54) is 18.2 Å². The van der Waals surface area contributed by atoms with Crippen LogP contribution in [0, 0.1) is 10.1 Å². The largest absolute Gasteiger partial charge is 0.322 e. The molecular weight excluding hydrogens is 384 g/mol. The minimum absolute atomic E-state index is 0.00288. The topological polar surface area (TPSA) is 144 Å². The van der Waals surface area contributed by atoms with E-state index in [4.69, 9.17) is 0 Å². The van der Waals surface area contributed by atoms with Crippen LogP contribution in [0.1, 0.15) is 10.4 Å². The summed E-state index contributed by atoms with van der Waals surface area (Å²) in [6.07, 6.45) is 3.23. The summed E-state index contributed by atoms with van der Waals surface area (Å²) in [5.41, 5.74) is 0.428. The van der Waals surface area contributed by atoms with Gasteiger partial charge in [0.2, 0.25) is 10.7 Å². The van der Waals surface area contributed by atoms with Gasteiger partial charge in [0.1, 0.15) is 5.01 Å². The van der Waals surface area contributed by atoms with Crippen molar-refractivity contribution in [2.45, 2.75) is 0 Å². The molecule has 0 saturated carbocycles. The molecule has 28 heavy (non-hydrogen) atoms. The number of amides is 1. The first kappa shape index (κ1) is 17.4. The summed E-state index contributed by atoms with van der Waals surface area (Å²) >= 11 is 1.15. The zero-order chi connectivity index (χ0) is 19.7. The Kier molecular flexibility index (Phi) is 4.33. The van der Waals surface area contributed by atoms with Crippen LogP contribution in [0.4, 0.5) is 10.8 Å². The Morgan fingerprint density at radius 2 is 1.93 bits per heavy atom. The first-order valence-corrected chi connectivity index (χ1v) is 8.69. The molecule has 0 unspecified atom stereocenters. The van der Waals surface area contributed by atoms with Gasteiger partial charge in [0.05, 0.1) is 10.5 Å². The zero-order valence-corrected chi connectivity index (χ0v) is 14.8. The SMILES string of the molecule is O=C(Nc1nnc(-c2ccncc2)s1)c1cc(=O)[nH]c2ccc([N+](=O)[O-])cc12. The number of aromatic amines is 1. The first-order chi connectivity index (χ1) is 13.5. The van der Waals surface area contributed by atoms with Crippen LogP contribution in [0.5, 0.6) is 0 Å². The number of nitrogens with one attached hydrogen (secondary N) is 2. The number of H-pyrrole nitrogens is 1. The summed E-state index contributed by atoms with van der Waals surface area (Å²) in [5, 5.41) is 22.6. The molecule has 0 aliphatic rings. The molecule has 1 amide bonds. The predicted molar refractivity (Wildman–Crippen MR) is 102 cm³/mol. The number of benzene rings is 1. The fraction of sp³-hybridized carbons (Fsp3) is 0. The lowest BCUT2D eigenvalue weighted by Gasteiger charge is -2.05. The number of hydrogen-bond acceptors (Lipinski definition) is 8. The molecular formula is C17H10N6O4S. The Labute approximate surface area is 160 Å². The van der Waals surface area contributed by atoms with Gasteiger partial charge in [-0.2, -0.15) is 0 Å². The fourth-order valence-corrected chi connectivity index (χ4v) is 3.34. The second-order valence-corrected chi connectivity index (χ2v) is 6.61. The van der Waals surface area contributed by atoms with Crippen LogP contribution in [0.2, 0.25) is 0 Å². The lowest BCUT2D eigenvalue weighted by Crippen LogP contribution is -2.17. The van der Waals surface area contributed by atoms with Gasteiger partial charge in [-0.15, -0.1) is 10.2 Å². The summed E-state index contributed by atoms with van der Waals surface area (Å²) in [6.45, 7) is 0. The number of pyridine rings is 2. The van der Waals surface area contributed by atoms with Gasteiger partial charge in [-0.1, -0.05) is 11.3 Å². The first-order valence-electron chi connectivity index (χ1n) is 7.88. The number of fused-ring (bicyclic) bond motifs is 1. The van der Waals surface area contributed by atoms with Crippen molar-refractivity contribution >= 4 is 39.0 Å². The summed E-state index contributed by atoms with van der Waals surface area (Å²) in [5.74, 6) is -0.617. The molecule has 4 rings (SSSR count). The molecule has 0 fully saturated rings. The van der Waals surface area contributed by atoms with Gasteiger partial charge in [0.15, 0.2) is 0 Å². The fourth-order valence-electron chi connectivity index (χ4n) is 2.59. The van der Waals surface area contributed by atoms with Crippen molar-refractivity contribution in [1.29, 1.82) is 0 Å². The lowest BCUT2D eigenvalue weighted by atomic mass is 10.1. The van der Waals surface area contributed by atoms with Crippen LogP contribution < -0.4 is 10.9 Å². The normalized spacial score (nSPS) is 10.7. The number of carbonyl (C=O) groups excluding carboxylic acids is 1. The van der Waals surface area contributed by atoms with Gasteiger partial charge in [-0.05, 0) is 18.2 Å². The number of aromatic nitrogens is 4. The third-order valence-corrected chi connectivity index (χ3v) is 4.74. The highest BCUT2D eigenvalue weighted by atomic mass is 32.1. The van der Waals surface area contributed by atoms with Crippen LogP contribution in [0.25, 0.3) is 21.5 Å². The Balaban J connectivity index is 1.69. The van der Waals surface area contributed by atoms with E-state index in [-0.39, 0.29) is 21.8 Å². The van der Waals surface area contributed by atoms with Gasteiger partial charge in [-0.3, -0.25) is 30.0 Å². The molecule has 4 aromatic rings. The van der Waals surface area contributed by atoms with E-state index in [1.54, 1.807) is 24.5 Å². The van der Waals surface area contributed by atoms with E-state index in [0.717, 1.165) is 23.0 Å². The number of nitro groups is 1. The molecule has 0 aliphatic carbocycles. The van der Waals surface area contributed by atoms with Gasteiger partial charge < -0.3 is 4.98 Å². The molecule has 138 valence electrons.